The summed E-state index contributed by atoms with van der Waals surface area (Å²) >= 11 is 13.1. The van der Waals surface area contributed by atoms with E-state index in [1.807, 2.05) is 59.5 Å². The minimum absolute atomic E-state index is 0.185. The second kappa shape index (κ2) is 8.77. The largest absolute Gasteiger partial charge is 0.352 e. The van der Waals surface area contributed by atoms with E-state index in [1.54, 1.807) is 54.6 Å². The van der Waals surface area contributed by atoms with Crippen molar-refractivity contribution in [3.63, 3.8) is 0 Å². The lowest BCUT2D eigenvalue weighted by Gasteiger charge is -2.37. The number of para-hydroxylation sites is 1. The van der Waals surface area contributed by atoms with Crippen molar-refractivity contribution < 1.29 is 14.4 Å². The first-order chi connectivity index (χ1) is 18.9. The molecule has 0 N–H and O–H groups in total. The second-order valence-electron chi connectivity index (χ2n) is 10.2. The molecule has 0 radical (unpaired) electrons. The zero-order valence-corrected chi connectivity index (χ0v) is 22.1. The number of anilines is 1. The fourth-order valence-corrected chi connectivity index (χ4v) is 7.31. The highest BCUT2D eigenvalue weighted by Crippen LogP contribution is 2.61. The van der Waals surface area contributed by atoms with Gasteiger partial charge in [-0.3, -0.25) is 14.4 Å². The molecule has 0 bridgehead atoms. The van der Waals surface area contributed by atoms with Gasteiger partial charge in [0.15, 0.2) is 17.3 Å². The van der Waals surface area contributed by atoms with E-state index in [0.29, 0.717) is 32.3 Å². The molecular weight excluding hydrogens is 529 g/mol. The molecule has 4 aromatic carbocycles. The summed E-state index contributed by atoms with van der Waals surface area (Å²) in [6.07, 6.45) is 3.84. The molecule has 190 valence electrons. The third kappa shape index (κ3) is 3.22. The zero-order chi connectivity index (χ0) is 26.9. The SMILES string of the molecule is O=C(c1ccccc1)[C@@H]1[C@H](c2ccc(Cl)cc2Cl)C2(C(=O)c3ccccc3C2=O)[C@@H]2C=Cc3ccccc3N12. The van der Waals surface area contributed by atoms with Crippen molar-refractivity contribution in [3.8, 4) is 0 Å². The molecule has 7 rings (SSSR count). The predicted molar refractivity (Wildman–Crippen MR) is 153 cm³/mol. The summed E-state index contributed by atoms with van der Waals surface area (Å²) in [7, 11) is 0. The first-order valence-corrected chi connectivity index (χ1v) is 13.5. The topological polar surface area (TPSA) is 54.5 Å². The number of nitrogens with zero attached hydrogens (tertiary/aromatic N) is 1. The maximum absolute atomic E-state index is 14.6. The number of halogens is 2. The maximum Gasteiger partial charge on any atom is 0.185 e. The summed E-state index contributed by atoms with van der Waals surface area (Å²) in [5.41, 5.74) is 1.90. The molecule has 0 saturated carbocycles. The zero-order valence-electron chi connectivity index (χ0n) is 20.6. The van der Waals surface area contributed by atoms with Crippen molar-refractivity contribution in [1.29, 1.82) is 0 Å². The number of Topliss-reactive ketones (excluding diaryl/α,β-unsaturated/α-hetero) is 3. The van der Waals surface area contributed by atoms with E-state index in [2.05, 4.69) is 0 Å². The van der Waals surface area contributed by atoms with E-state index in [4.69, 9.17) is 23.2 Å². The Kier molecular flexibility index (Phi) is 5.41. The molecule has 0 aromatic heterocycles. The van der Waals surface area contributed by atoms with Gasteiger partial charge in [0.2, 0.25) is 0 Å². The average molecular weight is 550 g/mol. The molecule has 2 aliphatic heterocycles. The molecule has 2 heterocycles. The molecule has 1 aliphatic carbocycles. The van der Waals surface area contributed by atoms with E-state index in [0.717, 1.165) is 11.3 Å². The lowest BCUT2D eigenvalue weighted by molar-refractivity contribution is 0.0666. The summed E-state index contributed by atoms with van der Waals surface area (Å²) in [6.45, 7) is 0. The van der Waals surface area contributed by atoms with Gasteiger partial charge in [-0.1, -0.05) is 114 Å². The monoisotopic (exact) mass is 549 g/mol. The van der Waals surface area contributed by atoms with E-state index in [1.165, 1.54) is 0 Å². The van der Waals surface area contributed by atoms with Gasteiger partial charge in [-0.25, -0.2) is 0 Å². The van der Waals surface area contributed by atoms with Crippen molar-refractivity contribution >= 4 is 52.3 Å². The Hall–Kier alpha value is -3.99. The van der Waals surface area contributed by atoms with Crippen LogP contribution < -0.4 is 4.90 Å². The van der Waals surface area contributed by atoms with Crippen LogP contribution in [-0.2, 0) is 0 Å². The van der Waals surface area contributed by atoms with E-state index >= 15 is 0 Å². The third-order valence-corrected chi connectivity index (χ3v) is 8.90. The van der Waals surface area contributed by atoms with Crippen LogP contribution in [0.25, 0.3) is 6.08 Å². The molecular formula is C33H21Cl2NO3. The van der Waals surface area contributed by atoms with Crippen LogP contribution in [0.1, 0.15) is 48.1 Å². The number of ketones is 3. The average Bonchev–Trinajstić information content (AvgIpc) is 3.39. The van der Waals surface area contributed by atoms with E-state index in [9.17, 15) is 14.4 Å². The normalized spacial score (nSPS) is 22.1. The van der Waals surface area contributed by atoms with E-state index in [-0.39, 0.29) is 17.3 Å². The molecule has 0 unspecified atom stereocenters. The molecule has 6 heteroatoms. The molecule has 3 atom stereocenters. The first kappa shape index (κ1) is 24.1. The van der Waals surface area contributed by atoms with Crippen molar-refractivity contribution in [2.45, 2.75) is 18.0 Å². The van der Waals surface area contributed by atoms with Gasteiger partial charge in [-0.15, -0.1) is 0 Å². The fourth-order valence-electron chi connectivity index (χ4n) is 6.79. The number of hydrogen-bond acceptors (Lipinski definition) is 4. The predicted octanol–water partition coefficient (Wildman–Crippen LogP) is 7.31. The summed E-state index contributed by atoms with van der Waals surface area (Å²) in [4.78, 5) is 45.7. The third-order valence-electron chi connectivity index (χ3n) is 8.34. The maximum atomic E-state index is 14.6. The molecule has 4 aromatic rings. The fraction of sp³-hybridized carbons (Fsp3) is 0.121. The Bertz CT molecular complexity index is 1690. The van der Waals surface area contributed by atoms with Crippen LogP contribution in [0, 0.1) is 5.41 Å². The Balaban J connectivity index is 1.57. The molecule has 1 fully saturated rings. The lowest BCUT2D eigenvalue weighted by Crippen LogP contribution is -2.48. The standard InChI is InChI=1S/C33H21Cl2NO3/c34-21-15-16-24(25(35)18-21)28-29(30(37)20-9-2-1-3-10-20)36-26-13-7-4-8-19(26)14-17-27(36)33(28)31(38)22-11-5-6-12-23(22)32(33)39/h1-18,27-29H/t27-,28-,29-/m0/s1. The van der Waals surface area contributed by atoms with Crippen LogP contribution in [0.5, 0.6) is 0 Å². The highest BCUT2D eigenvalue weighted by Gasteiger charge is 2.71. The summed E-state index contributed by atoms with van der Waals surface area (Å²) in [6, 6.07) is 27.1. The quantitative estimate of drug-likeness (QED) is 0.198. The van der Waals surface area contributed by atoms with Gasteiger partial charge in [0.1, 0.15) is 11.5 Å². The van der Waals surface area contributed by atoms with Gasteiger partial charge < -0.3 is 4.90 Å². The number of carbonyl (C=O) groups is 3. The Morgan fingerprint density at radius 2 is 1.41 bits per heavy atom. The highest BCUT2D eigenvalue weighted by atomic mass is 35.5. The van der Waals surface area contributed by atoms with Gasteiger partial charge >= 0.3 is 0 Å². The number of rotatable bonds is 3. The van der Waals surface area contributed by atoms with Crippen molar-refractivity contribution in [2.24, 2.45) is 5.41 Å². The summed E-state index contributed by atoms with van der Waals surface area (Å²) in [5.74, 6) is -1.64. The van der Waals surface area contributed by atoms with Crippen molar-refractivity contribution in [2.75, 3.05) is 4.90 Å². The number of fused-ring (bicyclic) bond motifs is 5. The smallest absolute Gasteiger partial charge is 0.185 e. The van der Waals surface area contributed by atoms with Crippen LogP contribution >= 0.6 is 23.2 Å². The Morgan fingerprint density at radius 1 is 0.769 bits per heavy atom. The summed E-state index contributed by atoms with van der Waals surface area (Å²) < 4.78 is 0. The Labute approximate surface area is 235 Å². The first-order valence-electron chi connectivity index (χ1n) is 12.7. The van der Waals surface area contributed by atoms with Crippen molar-refractivity contribution in [3.05, 3.63) is 141 Å². The van der Waals surface area contributed by atoms with Crippen LogP contribution in [0.4, 0.5) is 5.69 Å². The van der Waals surface area contributed by atoms with Crippen LogP contribution in [0.15, 0.2) is 103 Å². The van der Waals surface area contributed by atoms with Gasteiger partial charge in [0.05, 0.1) is 6.04 Å². The van der Waals surface area contributed by atoms with E-state index < -0.39 is 23.4 Å². The van der Waals surface area contributed by atoms with Gasteiger partial charge in [0, 0.05) is 38.3 Å². The molecule has 1 spiro atoms. The minimum atomic E-state index is -1.60. The molecule has 0 amide bonds. The van der Waals surface area contributed by atoms with Crippen LogP contribution in [-0.4, -0.2) is 29.4 Å². The summed E-state index contributed by atoms with van der Waals surface area (Å²) in [5, 5.41) is 0.739. The van der Waals surface area contributed by atoms with Gasteiger partial charge in [-0.2, -0.15) is 0 Å². The molecule has 1 saturated heterocycles. The minimum Gasteiger partial charge on any atom is -0.352 e. The molecule has 3 aliphatic rings. The van der Waals surface area contributed by atoms with Crippen LogP contribution in [0.2, 0.25) is 10.0 Å². The highest BCUT2D eigenvalue weighted by molar-refractivity contribution is 6.36. The number of carbonyl (C=O) groups excluding carboxylic acids is 3. The molecule has 4 nitrogen and oxygen atoms in total. The molecule has 39 heavy (non-hydrogen) atoms. The van der Waals surface area contributed by atoms with Gasteiger partial charge in [-0.05, 0) is 29.3 Å². The van der Waals surface area contributed by atoms with Crippen LogP contribution in [0.3, 0.4) is 0 Å². The number of benzene rings is 4. The van der Waals surface area contributed by atoms with Crippen molar-refractivity contribution in [1.82, 2.24) is 0 Å². The number of hydrogen-bond donors (Lipinski definition) is 0. The van der Waals surface area contributed by atoms with Gasteiger partial charge in [0.25, 0.3) is 0 Å². The Morgan fingerprint density at radius 3 is 2.10 bits per heavy atom. The second-order valence-corrected chi connectivity index (χ2v) is 11.0. The lowest BCUT2D eigenvalue weighted by atomic mass is 9.64.